The summed E-state index contributed by atoms with van der Waals surface area (Å²) in [7, 11) is 0. The summed E-state index contributed by atoms with van der Waals surface area (Å²) in [5, 5.41) is 10.4. The van der Waals surface area contributed by atoms with Crippen molar-refractivity contribution in [3.8, 4) is 33.4 Å². The van der Waals surface area contributed by atoms with E-state index in [4.69, 9.17) is 0 Å². The number of hydrogen-bond donors (Lipinski definition) is 0. The molecule has 0 saturated heterocycles. The van der Waals surface area contributed by atoms with E-state index in [0.29, 0.717) is 0 Å². The van der Waals surface area contributed by atoms with E-state index < -0.39 is 0 Å². The van der Waals surface area contributed by atoms with Crippen molar-refractivity contribution in [2.45, 2.75) is 70.6 Å². The van der Waals surface area contributed by atoms with E-state index in [1.807, 2.05) is 0 Å². The molecule has 62 heavy (non-hydrogen) atoms. The molecule has 0 unspecified atom stereocenters. The third-order valence-electron chi connectivity index (χ3n) is 15.0. The smallest absolute Gasteiger partial charge is 0.0547 e. The first-order valence-corrected chi connectivity index (χ1v) is 22.5. The van der Waals surface area contributed by atoms with E-state index >= 15 is 0 Å². The van der Waals surface area contributed by atoms with Gasteiger partial charge in [-0.05, 0) is 142 Å². The zero-order valence-electron chi connectivity index (χ0n) is 36.6. The summed E-state index contributed by atoms with van der Waals surface area (Å²) in [6, 6.07) is 66.9. The van der Waals surface area contributed by atoms with Gasteiger partial charge in [0.1, 0.15) is 0 Å². The second-order valence-electron chi connectivity index (χ2n) is 19.9. The Morgan fingerprint density at radius 2 is 0.968 bits per heavy atom. The van der Waals surface area contributed by atoms with Crippen LogP contribution in [0.2, 0.25) is 0 Å². The summed E-state index contributed by atoms with van der Waals surface area (Å²) in [4.78, 5) is 2.63. The van der Waals surface area contributed by atoms with E-state index in [2.05, 4.69) is 222 Å². The molecule has 0 amide bonds. The number of rotatable bonds is 5. The Balaban J connectivity index is 1.24. The van der Waals surface area contributed by atoms with Crippen LogP contribution in [0, 0.1) is 0 Å². The SMILES string of the molecule is CC1(C)CCC(C)(C)c2c(-c3cc4c(cc3N(c3ccc(-c5ccccc5)cc3)c3ccc5cccc6c7cccc8cccc(c3c56)c87)C(C)(C)c3ccccc3-4)cccc21. The van der Waals surface area contributed by atoms with Crippen LogP contribution in [0.25, 0.3) is 76.5 Å². The molecule has 0 fully saturated rings. The molecule has 2 aliphatic rings. The maximum absolute atomic E-state index is 2.63. The number of anilines is 3. The Morgan fingerprint density at radius 3 is 1.73 bits per heavy atom. The molecule has 10 aromatic carbocycles. The maximum atomic E-state index is 2.63. The van der Waals surface area contributed by atoms with Crippen LogP contribution in [0.15, 0.2) is 176 Å². The highest BCUT2D eigenvalue weighted by molar-refractivity contribution is 6.35. The van der Waals surface area contributed by atoms with Crippen molar-refractivity contribution in [3.05, 3.63) is 198 Å². The lowest BCUT2D eigenvalue weighted by atomic mass is 9.61. The van der Waals surface area contributed by atoms with Gasteiger partial charge in [-0.1, -0.05) is 187 Å². The molecule has 2 aliphatic carbocycles. The van der Waals surface area contributed by atoms with Crippen LogP contribution >= 0.6 is 0 Å². The number of fused-ring (bicyclic) bond motifs is 6. The Morgan fingerprint density at radius 1 is 0.371 bits per heavy atom. The molecule has 0 atom stereocenters. The van der Waals surface area contributed by atoms with E-state index in [1.165, 1.54) is 117 Å². The van der Waals surface area contributed by atoms with E-state index in [1.54, 1.807) is 0 Å². The average molecular weight is 798 g/mol. The number of benzene rings is 10. The van der Waals surface area contributed by atoms with Crippen LogP contribution in [0.1, 0.15) is 76.6 Å². The van der Waals surface area contributed by atoms with Crippen LogP contribution in [-0.2, 0) is 16.2 Å². The van der Waals surface area contributed by atoms with Gasteiger partial charge in [0, 0.05) is 22.1 Å². The van der Waals surface area contributed by atoms with E-state index in [0.717, 1.165) is 12.1 Å². The molecule has 0 spiro atoms. The molecule has 0 N–H and O–H groups in total. The third-order valence-corrected chi connectivity index (χ3v) is 15.0. The first-order chi connectivity index (χ1) is 30.0. The van der Waals surface area contributed by atoms with Crippen molar-refractivity contribution in [2.24, 2.45) is 0 Å². The lowest BCUT2D eigenvalue weighted by Gasteiger charge is -2.43. The quantitative estimate of drug-likeness (QED) is 0.124. The minimum absolute atomic E-state index is 0.000269. The van der Waals surface area contributed by atoms with Crippen molar-refractivity contribution < 1.29 is 0 Å². The fourth-order valence-electron chi connectivity index (χ4n) is 11.8. The van der Waals surface area contributed by atoms with Crippen LogP contribution in [0.4, 0.5) is 17.1 Å². The maximum Gasteiger partial charge on any atom is 0.0547 e. The van der Waals surface area contributed by atoms with Crippen molar-refractivity contribution in [1.82, 2.24) is 0 Å². The summed E-state index contributed by atoms with van der Waals surface area (Å²) in [5.41, 5.74) is 16.9. The molecule has 12 rings (SSSR count). The van der Waals surface area contributed by atoms with E-state index in [-0.39, 0.29) is 16.2 Å². The molecule has 0 saturated carbocycles. The van der Waals surface area contributed by atoms with Gasteiger partial charge in [-0.25, -0.2) is 0 Å². The van der Waals surface area contributed by atoms with Gasteiger partial charge in [0.15, 0.2) is 0 Å². The second kappa shape index (κ2) is 13.2. The zero-order chi connectivity index (χ0) is 42.1. The number of nitrogens with zero attached hydrogens (tertiary/aromatic N) is 1. The van der Waals surface area contributed by atoms with Gasteiger partial charge in [0.05, 0.1) is 11.4 Å². The summed E-state index contributed by atoms with van der Waals surface area (Å²) in [5.74, 6) is 0. The third kappa shape index (κ3) is 5.27. The molecule has 0 radical (unpaired) electrons. The second-order valence-corrected chi connectivity index (χ2v) is 19.9. The number of hydrogen-bond acceptors (Lipinski definition) is 1. The van der Waals surface area contributed by atoms with Gasteiger partial charge >= 0.3 is 0 Å². The van der Waals surface area contributed by atoms with Crippen molar-refractivity contribution in [2.75, 3.05) is 4.90 Å². The zero-order valence-corrected chi connectivity index (χ0v) is 36.6. The van der Waals surface area contributed by atoms with Crippen LogP contribution in [0.3, 0.4) is 0 Å². The lowest BCUT2D eigenvalue weighted by molar-refractivity contribution is 0.333. The molecule has 1 heteroatoms. The van der Waals surface area contributed by atoms with Gasteiger partial charge in [0.2, 0.25) is 0 Å². The van der Waals surface area contributed by atoms with Crippen molar-refractivity contribution in [1.29, 1.82) is 0 Å². The first-order valence-electron chi connectivity index (χ1n) is 22.5. The van der Waals surface area contributed by atoms with Gasteiger partial charge in [-0.15, -0.1) is 0 Å². The lowest BCUT2D eigenvalue weighted by Crippen LogP contribution is -2.34. The molecule has 0 heterocycles. The molecule has 0 aromatic heterocycles. The Kier molecular flexibility index (Phi) is 7.87. The fourth-order valence-corrected chi connectivity index (χ4v) is 11.8. The average Bonchev–Trinajstić information content (AvgIpc) is 3.52. The minimum atomic E-state index is -0.186. The molecule has 1 nitrogen and oxygen atoms in total. The first kappa shape index (κ1) is 37.1. The Hall–Kier alpha value is -6.70. The molecule has 10 aromatic rings. The fraction of sp³-hybridized carbons (Fsp3) is 0.180. The molecular weight excluding hydrogens is 747 g/mol. The summed E-state index contributed by atoms with van der Waals surface area (Å²) in [6.45, 7) is 14.7. The Bertz CT molecular complexity index is 3410. The van der Waals surface area contributed by atoms with Crippen molar-refractivity contribution >= 4 is 60.2 Å². The molecular formula is C61H51N. The van der Waals surface area contributed by atoms with Crippen LogP contribution in [-0.4, -0.2) is 0 Å². The minimum Gasteiger partial charge on any atom is -0.309 e. The molecule has 0 bridgehead atoms. The highest BCUT2D eigenvalue weighted by atomic mass is 15.1. The summed E-state index contributed by atoms with van der Waals surface area (Å²) in [6.07, 6.45) is 2.32. The highest BCUT2D eigenvalue weighted by Crippen LogP contribution is 2.57. The largest absolute Gasteiger partial charge is 0.309 e. The Labute approximate surface area is 365 Å². The van der Waals surface area contributed by atoms with Gasteiger partial charge in [-0.3, -0.25) is 0 Å². The summed E-state index contributed by atoms with van der Waals surface area (Å²) >= 11 is 0. The van der Waals surface area contributed by atoms with E-state index in [9.17, 15) is 0 Å². The summed E-state index contributed by atoms with van der Waals surface area (Å²) < 4.78 is 0. The predicted octanol–water partition coefficient (Wildman–Crippen LogP) is 17.2. The van der Waals surface area contributed by atoms with Gasteiger partial charge in [-0.2, -0.15) is 0 Å². The van der Waals surface area contributed by atoms with Gasteiger partial charge < -0.3 is 4.90 Å². The molecule has 0 aliphatic heterocycles. The highest BCUT2D eigenvalue weighted by Gasteiger charge is 2.41. The van der Waals surface area contributed by atoms with Crippen LogP contribution < -0.4 is 4.90 Å². The molecule has 300 valence electrons. The van der Waals surface area contributed by atoms with Crippen LogP contribution in [0.5, 0.6) is 0 Å². The van der Waals surface area contributed by atoms with Gasteiger partial charge in [0.25, 0.3) is 0 Å². The monoisotopic (exact) mass is 797 g/mol. The normalized spacial score (nSPS) is 15.8. The topological polar surface area (TPSA) is 3.24 Å². The predicted molar refractivity (Wildman–Crippen MR) is 266 cm³/mol. The van der Waals surface area contributed by atoms with Crippen molar-refractivity contribution in [3.63, 3.8) is 0 Å². The standard InChI is InChI=1S/C61H51N/c1-59(2)34-35-60(3,4)58-46(24-15-27-51(58)59)49-36-48-43-21-10-11-26-50(43)61(5,6)52(48)37-54(49)62(42-31-28-39(29-32-42)38-16-8-7-9-17-38)53-33-30-41-20-13-23-45-44-22-12-18-40-19-14-25-47(55(40)44)57(53)56(41)45/h7-33,36-37H,34-35H2,1-6H3.